The summed E-state index contributed by atoms with van der Waals surface area (Å²) in [6.45, 7) is 3.22. The molecule has 0 bridgehead atoms. The fourth-order valence-electron chi connectivity index (χ4n) is 1.46. The monoisotopic (exact) mass is 293 g/mol. The number of rotatable bonds is 4. The van der Waals surface area contributed by atoms with Gasteiger partial charge in [-0.1, -0.05) is 6.07 Å². The zero-order valence-electron chi connectivity index (χ0n) is 10.5. The molecule has 0 amide bonds. The van der Waals surface area contributed by atoms with Crippen LogP contribution >= 0.6 is 11.8 Å². The molecule has 106 valence electrons. The molecule has 0 saturated heterocycles. The molecule has 0 saturated carbocycles. The lowest BCUT2D eigenvalue weighted by Gasteiger charge is -2.10. The normalized spacial score (nSPS) is 11.4. The first-order valence-corrected chi connectivity index (χ1v) is 6.44. The molecular weight excluding hydrogens is 279 g/mol. The number of nitrogen functional groups attached to an aromatic ring is 1. The van der Waals surface area contributed by atoms with E-state index in [2.05, 4.69) is 0 Å². The van der Waals surface area contributed by atoms with Crippen LogP contribution in [-0.4, -0.2) is 23.8 Å². The van der Waals surface area contributed by atoms with Crippen LogP contribution in [0, 0.1) is 13.8 Å². The van der Waals surface area contributed by atoms with Gasteiger partial charge in [0.25, 0.3) is 0 Å². The zero-order chi connectivity index (χ0) is 14.6. The van der Waals surface area contributed by atoms with Gasteiger partial charge in [0.1, 0.15) is 6.61 Å². The number of thioether (sulfide) groups is 1. The Labute approximate surface area is 113 Å². The van der Waals surface area contributed by atoms with E-state index in [0.717, 1.165) is 5.56 Å². The summed E-state index contributed by atoms with van der Waals surface area (Å²) in [6.07, 6.45) is 0. The van der Waals surface area contributed by atoms with Gasteiger partial charge in [-0.3, -0.25) is 0 Å². The van der Waals surface area contributed by atoms with Crippen LogP contribution in [0.3, 0.4) is 0 Å². The minimum Gasteiger partial charge on any atom is -0.461 e. The van der Waals surface area contributed by atoms with Crippen LogP contribution < -0.4 is 5.73 Å². The topological polar surface area (TPSA) is 52.3 Å². The van der Waals surface area contributed by atoms with E-state index in [9.17, 15) is 18.0 Å². The van der Waals surface area contributed by atoms with Crippen LogP contribution in [0.1, 0.15) is 21.5 Å². The van der Waals surface area contributed by atoms with E-state index in [1.54, 1.807) is 19.9 Å². The summed E-state index contributed by atoms with van der Waals surface area (Å²) in [6, 6.07) is 3.21. The van der Waals surface area contributed by atoms with Crippen LogP contribution in [0.25, 0.3) is 0 Å². The average Bonchev–Trinajstić information content (AvgIpc) is 2.28. The van der Waals surface area contributed by atoms with Crippen molar-refractivity contribution in [3.63, 3.8) is 0 Å². The number of aryl methyl sites for hydroxylation is 2. The highest BCUT2D eigenvalue weighted by Crippen LogP contribution is 2.29. The van der Waals surface area contributed by atoms with Crippen molar-refractivity contribution in [2.24, 2.45) is 0 Å². The number of carbonyl (C=O) groups is 1. The van der Waals surface area contributed by atoms with Crippen LogP contribution in [0.2, 0.25) is 0 Å². The van der Waals surface area contributed by atoms with E-state index in [1.807, 2.05) is 0 Å². The first-order valence-electron chi connectivity index (χ1n) is 5.45. The second-order valence-corrected chi connectivity index (χ2v) is 5.11. The van der Waals surface area contributed by atoms with Gasteiger partial charge in [-0.15, -0.1) is 0 Å². The fourth-order valence-corrected chi connectivity index (χ4v) is 1.86. The van der Waals surface area contributed by atoms with E-state index < -0.39 is 11.5 Å². The second-order valence-electron chi connectivity index (χ2n) is 3.95. The standard InChI is InChI=1S/C12H14F3NO2S/c1-7-5-8(2)10(16)6-9(7)11(17)18-3-4-19-12(13,14)15/h5-6H,3-4,16H2,1-2H3. The Bertz CT molecular complexity index is 475. The van der Waals surface area contributed by atoms with Crippen molar-refractivity contribution >= 4 is 23.4 Å². The first kappa shape index (κ1) is 15.7. The molecule has 1 rings (SSSR count). The fraction of sp³-hybridized carbons (Fsp3) is 0.417. The number of nitrogens with two attached hydrogens (primary N) is 1. The Kier molecular flexibility index (Phi) is 5.11. The number of anilines is 1. The van der Waals surface area contributed by atoms with E-state index in [0.29, 0.717) is 11.3 Å². The summed E-state index contributed by atoms with van der Waals surface area (Å²) in [5.41, 5.74) is 3.61. The van der Waals surface area contributed by atoms with Gasteiger partial charge in [0.2, 0.25) is 0 Å². The summed E-state index contributed by atoms with van der Waals surface area (Å²) in [5, 5.41) is 0. The van der Waals surface area contributed by atoms with Crippen LogP contribution in [-0.2, 0) is 4.74 Å². The molecule has 0 atom stereocenters. The van der Waals surface area contributed by atoms with Gasteiger partial charge < -0.3 is 10.5 Å². The van der Waals surface area contributed by atoms with Crippen LogP contribution in [0.5, 0.6) is 0 Å². The molecule has 0 fully saturated rings. The number of carbonyl (C=O) groups excluding carboxylic acids is 1. The number of hydrogen-bond donors (Lipinski definition) is 1. The molecule has 0 radical (unpaired) electrons. The Morgan fingerprint density at radius 3 is 2.53 bits per heavy atom. The van der Waals surface area contributed by atoms with Gasteiger partial charge in [0.15, 0.2) is 0 Å². The zero-order valence-corrected chi connectivity index (χ0v) is 11.3. The van der Waals surface area contributed by atoms with Crippen molar-refractivity contribution in [3.8, 4) is 0 Å². The summed E-state index contributed by atoms with van der Waals surface area (Å²) in [5.74, 6) is -0.984. The molecule has 0 unspecified atom stereocenters. The Hall–Kier alpha value is -1.37. The highest BCUT2D eigenvalue weighted by molar-refractivity contribution is 8.00. The van der Waals surface area contributed by atoms with Crippen molar-refractivity contribution in [3.05, 3.63) is 28.8 Å². The van der Waals surface area contributed by atoms with Crippen molar-refractivity contribution < 1.29 is 22.7 Å². The van der Waals surface area contributed by atoms with E-state index in [-0.39, 0.29) is 29.7 Å². The predicted octanol–water partition coefficient (Wildman–Crippen LogP) is 3.30. The lowest BCUT2D eigenvalue weighted by molar-refractivity contribution is -0.0331. The maximum absolute atomic E-state index is 11.9. The lowest BCUT2D eigenvalue weighted by Crippen LogP contribution is -2.12. The van der Waals surface area contributed by atoms with E-state index in [4.69, 9.17) is 10.5 Å². The molecule has 0 aromatic heterocycles. The van der Waals surface area contributed by atoms with E-state index in [1.165, 1.54) is 6.07 Å². The summed E-state index contributed by atoms with van der Waals surface area (Å²) in [7, 11) is 0. The number of hydrogen-bond acceptors (Lipinski definition) is 4. The Morgan fingerprint density at radius 2 is 1.95 bits per heavy atom. The summed E-state index contributed by atoms with van der Waals surface area (Å²) < 4.78 is 40.4. The van der Waals surface area contributed by atoms with Gasteiger partial charge in [-0.05, 0) is 42.8 Å². The first-order chi connectivity index (χ1) is 8.70. The molecular formula is C12H14F3NO2S. The highest BCUT2D eigenvalue weighted by Gasteiger charge is 2.27. The number of alkyl halides is 3. The summed E-state index contributed by atoms with van der Waals surface area (Å²) in [4.78, 5) is 11.7. The van der Waals surface area contributed by atoms with Crippen molar-refractivity contribution in [1.82, 2.24) is 0 Å². The van der Waals surface area contributed by atoms with Gasteiger partial charge in [0.05, 0.1) is 5.56 Å². The minimum atomic E-state index is -4.31. The summed E-state index contributed by atoms with van der Waals surface area (Å²) >= 11 is -0.221. The average molecular weight is 293 g/mol. The molecule has 0 spiro atoms. The van der Waals surface area contributed by atoms with Crippen molar-refractivity contribution in [1.29, 1.82) is 0 Å². The van der Waals surface area contributed by atoms with Crippen molar-refractivity contribution in [2.45, 2.75) is 19.4 Å². The molecule has 0 aliphatic heterocycles. The molecule has 19 heavy (non-hydrogen) atoms. The van der Waals surface area contributed by atoms with Gasteiger partial charge >= 0.3 is 11.5 Å². The predicted molar refractivity (Wildman–Crippen MR) is 69.1 cm³/mol. The third-order valence-corrected chi connectivity index (χ3v) is 3.11. The molecule has 0 aliphatic rings. The number of ether oxygens (including phenoxy) is 1. The van der Waals surface area contributed by atoms with Crippen LogP contribution in [0.4, 0.5) is 18.9 Å². The molecule has 1 aromatic rings. The molecule has 3 nitrogen and oxygen atoms in total. The Morgan fingerprint density at radius 1 is 1.32 bits per heavy atom. The number of halogens is 3. The maximum atomic E-state index is 11.9. The Balaban J connectivity index is 2.57. The molecule has 7 heteroatoms. The molecule has 0 aliphatic carbocycles. The third kappa shape index (κ3) is 5.02. The van der Waals surface area contributed by atoms with Crippen molar-refractivity contribution in [2.75, 3.05) is 18.1 Å². The largest absolute Gasteiger partial charge is 0.461 e. The molecule has 2 N–H and O–H groups in total. The van der Waals surface area contributed by atoms with E-state index >= 15 is 0 Å². The minimum absolute atomic E-state index is 0.221. The molecule has 1 aromatic carbocycles. The second kappa shape index (κ2) is 6.18. The number of benzene rings is 1. The highest BCUT2D eigenvalue weighted by atomic mass is 32.2. The van der Waals surface area contributed by atoms with Gasteiger partial charge in [-0.2, -0.15) is 13.2 Å². The number of esters is 1. The molecule has 0 heterocycles. The lowest BCUT2D eigenvalue weighted by atomic mass is 10.0. The van der Waals surface area contributed by atoms with Gasteiger partial charge in [-0.25, -0.2) is 4.79 Å². The quantitative estimate of drug-likeness (QED) is 0.526. The third-order valence-electron chi connectivity index (χ3n) is 2.42. The SMILES string of the molecule is Cc1cc(C)c(C(=O)OCCSC(F)(F)F)cc1N. The van der Waals surface area contributed by atoms with Crippen LogP contribution in [0.15, 0.2) is 12.1 Å². The maximum Gasteiger partial charge on any atom is 0.441 e. The smallest absolute Gasteiger partial charge is 0.441 e. The van der Waals surface area contributed by atoms with Gasteiger partial charge in [0, 0.05) is 11.4 Å².